The summed E-state index contributed by atoms with van der Waals surface area (Å²) in [5.74, 6) is 0. The van der Waals surface area contributed by atoms with Crippen LogP contribution in [-0.4, -0.2) is 35.9 Å². The first-order valence-electron chi connectivity index (χ1n) is 2.78. The van der Waals surface area contributed by atoms with Crippen LogP contribution in [0.5, 0.6) is 0 Å². The van der Waals surface area contributed by atoms with Gasteiger partial charge in [-0.15, -0.1) is 0 Å². The van der Waals surface area contributed by atoms with E-state index >= 15 is 0 Å². The number of carbonyl (C=O) groups is 1. The topological polar surface area (TPSA) is 32.3 Å². The molecule has 1 aliphatic heterocycles. The van der Waals surface area contributed by atoms with Crippen LogP contribution in [0.2, 0.25) is 0 Å². The Balaban J connectivity index is 2.54. The van der Waals surface area contributed by atoms with Crippen molar-refractivity contribution in [2.45, 2.75) is 11.0 Å². The first kappa shape index (κ1) is 7.18. The number of aldehydes is 1. The van der Waals surface area contributed by atoms with Crippen molar-refractivity contribution < 1.29 is 4.79 Å². The summed E-state index contributed by atoms with van der Waals surface area (Å²) in [6.07, 6.45) is 0.944. The van der Waals surface area contributed by atoms with Gasteiger partial charge in [0.15, 0.2) is 0 Å². The lowest BCUT2D eigenvalue weighted by Crippen LogP contribution is -2.31. The van der Waals surface area contributed by atoms with E-state index in [4.69, 9.17) is 0 Å². The lowest BCUT2D eigenvalue weighted by atomic mass is 10.3. The molecule has 0 radical (unpaired) electrons. The highest BCUT2D eigenvalue weighted by atomic mass is 79.9. The van der Waals surface area contributed by atoms with Crippen LogP contribution >= 0.6 is 15.9 Å². The largest absolute Gasteiger partial charge is 0.302 e. The molecule has 0 aromatic rings. The van der Waals surface area contributed by atoms with Gasteiger partial charge in [0.05, 0.1) is 11.0 Å². The van der Waals surface area contributed by atoms with E-state index < -0.39 is 0 Å². The predicted molar refractivity (Wildman–Crippen MR) is 38.3 cm³/mol. The number of alkyl halides is 1. The molecule has 9 heavy (non-hydrogen) atoms. The molecule has 2 atom stereocenters. The SMILES string of the molecule is CN1CNC(Br)C1C=O. The highest BCUT2D eigenvalue weighted by Crippen LogP contribution is 2.11. The van der Waals surface area contributed by atoms with Gasteiger partial charge in [0.1, 0.15) is 6.29 Å². The highest BCUT2D eigenvalue weighted by molar-refractivity contribution is 9.09. The molecule has 1 heterocycles. The van der Waals surface area contributed by atoms with Crippen LogP contribution in [0.3, 0.4) is 0 Å². The third-order valence-electron chi connectivity index (χ3n) is 1.48. The molecule has 1 N–H and O–H groups in total. The lowest BCUT2D eigenvalue weighted by molar-refractivity contribution is -0.111. The molecule has 0 aromatic heterocycles. The molecule has 0 bridgehead atoms. The van der Waals surface area contributed by atoms with E-state index in [0.717, 1.165) is 13.0 Å². The van der Waals surface area contributed by atoms with Crippen molar-refractivity contribution in [3.8, 4) is 0 Å². The van der Waals surface area contributed by atoms with Gasteiger partial charge in [-0.3, -0.25) is 10.2 Å². The third kappa shape index (κ3) is 1.31. The van der Waals surface area contributed by atoms with Crippen molar-refractivity contribution in [1.29, 1.82) is 0 Å². The Hall–Kier alpha value is 0.0700. The summed E-state index contributed by atoms with van der Waals surface area (Å²) in [7, 11) is 1.91. The van der Waals surface area contributed by atoms with Crippen LogP contribution in [0.4, 0.5) is 0 Å². The maximum Gasteiger partial charge on any atom is 0.139 e. The molecule has 1 aliphatic rings. The van der Waals surface area contributed by atoms with Gasteiger partial charge in [0.2, 0.25) is 0 Å². The number of hydrogen-bond acceptors (Lipinski definition) is 3. The van der Waals surface area contributed by atoms with Gasteiger partial charge in [-0.05, 0) is 7.05 Å². The number of carbonyl (C=O) groups excluding carboxylic acids is 1. The Kier molecular flexibility index (Phi) is 2.21. The fourth-order valence-corrected chi connectivity index (χ4v) is 1.53. The summed E-state index contributed by atoms with van der Waals surface area (Å²) in [6, 6.07) is -0.00926. The summed E-state index contributed by atoms with van der Waals surface area (Å²) in [6.45, 7) is 0.777. The van der Waals surface area contributed by atoms with E-state index in [9.17, 15) is 4.79 Å². The molecule has 1 rings (SSSR count). The zero-order valence-electron chi connectivity index (χ0n) is 5.17. The molecule has 0 aromatic carbocycles. The fourth-order valence-electron chi connectivity index (χ4n) is 0.854. The van der Waals surface area contributed by atoms with E-state index in [1.54, 1.807) is 0 Å². The predicted octanol–water partition coefficient (Wildman–Crippen LogP) is -0.233. The number of hydrogen-bond donors (Lipinski definition) is 1. The Morgan fingerprint density at radius 2 is 2.56 bits per heavy atom. The van der Waals surface area contributed by atoms with Crippen molar-refractivity contribution in [3.63, 3.8) is 0 Å². The molecule has 0 amide bonds. The molecular weight excluding hydrogens is 184 g/mol. The minimum absolute atomic E-state index is 0.00926. The minimum atomic E-state index is -0.00926. The quantitative estimate of drug-likeness (QED) is 0.354. The molecule has 4 heteroatoms. The van der Waals surface area contributed by atoms with Crippen molar-refractivity contribution in [2.75, 3.05) is 13.7 Å². The van der Waals surface area contributed by atoms with Crippen LogP contribution in [-0.2, 0) is 4.79 Å². The van der Waals surface area contributed by atoms with E-state index in [0.29, 0.717) is 0 Å². The molecule has 0 spiro atoms. The summed E-state index contributed by atoms with van der Waals surface area (Å²) in [5, 5.41) is 3.08. The lowest BCUT2D eigenvalue weighted by Gasteiger charge is -2.12. The number of rotatable bonds is 1. The molecule has 0 saturated carbocycles. The Labute approximate surface area is 62.5 Å². The number of nitrogens with one attached hydrogen (secondary N) is 1. The van der Waals surface area contributed by atoms with Gasteiger partial charge in [-0.2, -0.15) is 0 Å². The van der Waals surface area contributed by atoms with Gasteiger partial charge in [0.25, 0.3) is 0 Å². The first-order chi connectivity index (χ1) is 4.25. The molecule has 1 saturated heterocycles. The Morgan fingerprint density at radius 1 is 1.89 bits per heavy atom. The normalized spacial score (nSPS) is 37.1. The zero-order valence-corrected chi connectivity index (χ0v) is 6.76. The van der Waals surface area contributed by atoms with Crippen molar-refractivity contribution >= 4 is 22.2 Å². The first-order valence-corrected chi connectivity index (χ1v) is 3.70. The second-order valence-corrected chi connectivity index (χ2v) is 3.13. The molecule has 1 fully saturated rings. The number of nitrogens with zero attached hydrogens (tertiary/aromatic N) is 1. The number of halogens is 1. The molecule has 52 valence electrons. The molecule has 2 unspecified atom stereocenters. The van der Waals surface area contributed by atoms with E-state index in [2.05, 4.69) is 21.2 Å². The average molecular weight is 193 g/mol. The second kappa shape index (κ2) is 2.77. The summed E-state index contributed by atoms with van der Waals surface area (Å²) >= 11 is 3.32. The van der Waals surface area contributed by atoms with E-state index in [-0.39, 0.29) is 11.0 Å². The van der Waals surface area contributed by atoms with Gasteiger partial charge in [-0.1, -0.05) is 15.9 Å². The van der Waals surface area contributed by atoms with Crippen LogP contribution < -0.4 is 5.32 Å². The van der Waals surface area contributed by atoms with Gasteiger partial charge in [0, 0.05) is 6.67 Å². The fraction of sp³-hybridized carbons (Fsp3) is 0.800. The average Bonchev–Trinajstić information content (AvgIpc) is 2.12. The number of likely N-dealkylation sites (N-methyl/N-ethyl adjacent to an activating group) is 1. The highest BCUT2D eigenvalue weighted by Gasteiger charge is 2.28. The summed E-state index contributed by atoms with van der Waals surface area (Å²) in [4.78, 5) is 12.4. The Morgan fingerprint density at radius 3 is 2.78 bits per heavy atom. The van der Waals surface area contributed by atoms with Crippen LogP contribution in [0.1, 0.15) is 0 Å². The van der Waals surface area contributed by atoms with Crippen LogP contribution in [0.15, 0.2) is 0 Å². The smallest absolute Gasteiger partial charge is 0.139 e. The summed E-state index contributed by atoms with van der Waals surface area (Å²) in [5.41, 5.74) is 0. The van der Waals surface area contributed by atoms with E-state index in [1.807, 2.05) is 11.9 Å². The third-order valence-corrected chi connectivity index (χ3v) is 2.35. The van der Waals surface area contributed by atoms with Crippen molar-refractivity contribution in [1.82, 2.24) is 10.2 Å². The maximum atomic E-state index is 10.3. The zero-order chi connectivity index (χ0) is 6.85. The minimum Gasteiger partial charge on any atom is -0.302 e. The molecule has 3 nitrogen and oxygen atoms in total. The van der Waals surface area contributed by atoms with Crippen LogP contribution in [0.25, 0.3) is 0 Å². The van der Waals surface area contributed by atoms with Crippen molar-refractivity contribution in [2.24, 2.45) is 0 Å². The van der Waals surface area contributed by atoms with Crippen molar-refractivity contribution in [3.05, 3.63) is 0 Å². The van der Waals surface area contributed by atoms with E-state index in [1.165, 1.54) is 0 Å². The van der Waals surface area contributed by atoms with Crippen LogP contribution in [0, 0.1) is 0 Å². The summed E-state index contributed by atoms with van der Waals surface area (Å²) < 4.78 is 0. The molecule has 0 aliphatic carbocycles. The molecular formula is C5H9BrN2O. The Bertz CT molecular complexity index is 110. The van der Waals surface area contributed by atoms with Gasteiger partial charge >= 0.3 is 0 Å². The van der Waals surface area contributed by atoms with Gasteiger partial charge in [-0.25, -0.2) is 0 Å². The maximum absolute atomic E-state index is 10.3. The standard InChI is InChI=1S/C5H9BrN2O/c1-8-3-7-5(6)4(8)2-9/h2,4-5,7H,3H2,1H3. The van der Waals surface area contributed by atoms with Gasteiger partial charge < -0.3 is 4.79 Å². The monoisotopic (exact) mass is 192 g/mol. The second-order valence-electron chi connectivity index (χ2n) is 2.15.